The topological polar surface area (TPSA) is 72.2 Å². The Morgan fingerprint density at radius 2 is 2.05 bits per heavy atom. The summed E-state index contributed by atoms with van der Waals surface area (Å²) in [5, 5.41) is 0. The molecule has 0 amide bonds. The summed E-state index contributed by atoms with van der Waals surface area (Å²) in [5.74, 6) is 0. The third kappa shape index (κ3) is 3.38. The van der Waals surface area contributed by atoms with E-state index in [4.69, 9.17) is 18.0 Å². The Labute approximate surface area is 135 Å². The van der Waals surface area contributed by atoms with Crippen molar-refractivity contribution in [2.45, 2.75) is 11.1 Å². The molecular weight excluding hydrogens is 380 g/mol. The van der Waals surface area contributed by atoms with Crippen LogP contribution in [0.1, 0.15) is 10.4 Å². The molecule has 0 aliphatic heterocycles. The van der Waals surface area contributed by atoms with Gasteiger partial charge in [-0.25, -0.2) is 8.42 Å². The lowest BCUT2D eigenvalue weighted by molar-refractivity contribution is 0.603. The van der Waals surface area contributed by atoms with Crippen molar-refractivity contribution < 1.29 is 8.42 Å². The fourth-order valence-electron chi connectivity index (χ4n) is 1.51. The van der Waals surface area contributed by atoms with Crippen molar-refractivity contribution in [3.8, 4) is 0 Å². The van der Waals surface area contributed by atoms with Gasteiger partial charge in [0.1, 0.15) is 9.20 Å². The lowest BCUT2D eigenvalue weighted by Crippen LogP contribution is -2.11. The Balaban J connectivity index is 2.30. The van der Waals surface area contributed by atoms with E-state index in [1.807, 2.05) is 6.92 Å². The highest BCUT2D eigenvalue weighted by molar-refractivity contribution is 9.10. The van der Waals surface area contributed by atoms with Gasteiger partial charge in [-0.3, -0.25) is 4.72 Å². The summed E-state index contributed by atoms with van der Waals surface area (Å²) < 4.78 is 28.1. The first kappa shape index (κ1) is 15.4. The molecule has 20 heavy (non-hydrogen) atoms. The maximum absolute atomic E-state index is 12.2. The highest BCUT2D eigenvalue weighted by Crippen LogP contribution is 2.26. The average molecular weight is 391 g/mol. The average Bonchev–Trinajstić information content (AvgIpc) is 2.84. The lowest BCUT2D eigenvalue weighted by Gasteiger charge is -2.07. The van der Waals surface area contributed by atoms with Crippen LogP contribution in [0.25, 0.3) is 0 Å². The molecule has 0 spiro atoms. The SMILES string of the molecule is Cc1cc(NS(=O)(=O)c2ccc(C(N)=S)s2)ccc1Br. The van der Waals surface area contributed by atoms with Crippen molar-refractivity contribution in [1.82, 2.24) is 0 Å². The molecule has 1 aromatic heterocycles. The van der Waals surface area contributed by atoms with Gasteiger partial charge >= 0.3 is 0 Å². The van der Waals surface area contributed by atoms with E-state index in [2.05, 4.69) is 20.7 Å². The van der Waals surface area contributed by atoms with Crippen molar-refractivity contribution in [1.29, 1.82) is 0 Å². The number of sulfonamides is 1. The van der Waals surface area contributed by atoms with Crippen LogP contribution in [-0.2, 0) is 10.0 Å². The van der Waals surface area contributed by atoms with Crippen LogP contribution in [0.2, 0.25) is 0 Å². The van der Waals surface area contributed by atoms with Gasteiger partial charge in [0.25, 0.3) is 10.0 Å². The number of nitrogens with two attached hydrogens (primary N) is 1. The highest BCUT2D eigenvalue weighted by atomic mass is 79.9. The van der Waals surface area contributed by atoms with Crippen molar-refractivity contribution >= 4 is 60.2 Å². The van der Waals surface area contributed by atoms with Crippen molar-refractivity contribution in [2.75, 3.05) is 4.72 Å². The molecule has 0 saturated carbocycles. The van der Waals surface area contributed by atoms with Crippen LogP contribution < -0.4 is 10.5 Å². The largest absolute Gasteiger partial charge is 0.389 e. The third-order valence-electron chi connectivity index (χ3n) is 2.50. The van der Waals surface area contributed by atoms with Crippen molar-refractivity contribution in [3.05, 3.63) is 45.2 Å². The highest BCUT2D eigenvalue weighted by Gasteiger charge is 2.17. The van der Waals surface area contributed by atoms with Gasteiger partial charge in [-0.2, -0.15) is 0 Å². The van der Waals surface area contributed by atoms with Crippen LogP contribution in [0.15, 0.2) is 39.0 Å². The van der Waals surface area contributed by atoms with Crippen LogP contribution in [0.5, 0.6) is 0 Å². The zero-order valence-corrected chi connectivity index (χ0v) is 14.4. The molecule has 0 bridgehead atoms. The molecule has 0 radical (unpaired) electrons. The Morgan fingerprint density at radius 1 is 1.35 bits per heavy atom. The normalized spacial score (nSPS) is 11.3. The summed E-state index contributed by atoms with van der Waals surface area (Å²) in [6.07, 6.45) is 0. The molecule has 106 valence electrons. The minimum atomic E-state index is -3.62. The molecule has 8 heteroatoms. The Hall–Kier alpha value is -0.960. The molecule has 1 heterocycles. The molecule has 0 aliphatic rings. The molecule has 1 aromatic carbocycles. The molecule has 2 aromatic rings. The van der Waals surface area contributed by atoms with Gasteiger partial charge < -0.3 is 5.73 Å². The van der Waals surface area contributed by atoms with Crippen molar-refractivity contribution in [2.24, 2.45) is 5.73 Å². The first-order valence-corrected chi connectivity index (χ1v) is 8.98. The lowest BCUT2D eigenvalue weighted by atomic mass is 10.2. The van der Waals surface area contributed by atoms with Gasteiger partial charge in [0, 0.05) is 10.2 Å². The Bertz CT molecular complexity index is 769. The van der Waals surface area contributed by atoms with E-state index >= 15 is 0 Å². The number of halogens is 1. The van der Waals surface area contributed by atoms with Crippen LogP contribution in [0, 0.1) is 6.92 Å². The number of hydrogen-bond acceptors (Lipinski definition) is 4. The Morgan fingerprint density at radius 3 is 2.60 bits per heavy atom. The van der Waals surface area contributed by atoms with Crippen molar-refractivity contribution in [3.63, 3.8) is 0 Å². The fourth-order valence-corrected chi connectivity index (χ4v) is 4.16. The number of thiophene rings is 1. The molecule has 0 atom stereocenters. The molecule has 2 rings (SSSR count). The van der Waals surface area contributed by atoms with Gasteiger partial charge in [-0.15, -0.1) is 11.3 Å². The smallest absolute Gasteiger partial charge is 0.271 e. The van der Waals surface area contributed by atoms with Gasteiger partial charge in [-0.1, -0.05) is 28.1 Å². The second-order valence-corrected chi connectivity index (χ2v) is 8.34. The molecule has 0 saturated heterocycles. The Kier molecular flexibility index (Phi) is 4.48. The second kappa shape index (κ2) is 5.80. The second-order valence-electron chi connectivity index (χ2n) is 4.05. The summed E-state index contributed by atoms with van der Waals surface area (Å²) in [4.78, 5) is 0.767. The summed E-state index contributed by atoms with van der Waals surface area (Å²) >= 11 is 9.25. The van der Waals surface area contributed by atoms with E-state index in [0.29, 0.717) is 10.6 Å². The number of hydrogen-bond donors (Lipinski definition) is 2. The number of benzene rings is 1. The summed E-state index contributed by atoms with van der Waals surface area (Å²) in [6.45, 7) is 1.89. The van der Waals surface area contributed by atoms with Gasteiger partial charge in [0.2, 0.25) is 0 Å². The van der Waals surface area contributed by atoms with E-state index in [1.54, 1.807) is 24.3 Å². The zero-order valence-electron chi connectivity index (χ0n) is 10.4. The predicted molar refractivity (Wildman–Crippen MR) is 89.9 cm³/mol. The van der Waals surface area contributed by atoms with Crippen LogP contribution in [0.3, 0.4) is 0 Å². The minimum Gasteiger partial charge on any atom is -0.389 e. The van der Waals surface area contributed by atoms with Crippen LogP contribution >= 0.6 is 39.5 Å². The van der Waals surface area contributed by atoms with Crippen LogP contribution in [-0.4, -0.2) is 13.4 Å². The summed E-state index contributed by atoms with van der Waals surface area (Å²) in [6, 6.07) is 8.34. The van der Waals surface area contributed by atoms with E-state index in [-0.39, 0.29) is 9.20 Å². The monoisotopic (exact) mass is 390 g/mol. The number of nitrogens with one attached hydrogen (secondary N) is 1. The molecule has 3 N–H and O–H groups in total. The standard InChI is InChI=1S/C12H11BrN2O2S3/c1-7-6-8(2-3-9(7)13)15-20(16,17)11-5-4-10(19-11)12(14)18/h2-6,15H,1H3,(H2,14,18). The molecule has 0 unspecified atom stereocenters. The number of aryl methyl sites for hydroxylation is 1. The summed E-state index contributed by atoms with van der Waals surface area (Å²) in [7, 11) is -3.62. The minimum absolute atomic E-state index is 0.181. The molecule has 0 aliphatic carbocycles. The van der Waals surface area contributed by atoms with Gasteiger partial charge in [-0.05, 0) is 42.8 Å². The first-order chi connectivity index (χ1) is 9.29. The third-order valence-corrected chi connectivity index (χ3v) is 6.73. The quantitative estimate of drug-likeness (QED) is 0.785. The number of anilines is 1. The predicted octanol–water partition coefficient (Wildman–Crippen LogP) is 3.25. The maximum atomic E-state index is 12.2. The van der Waals surface area contributed by atoms with Gasteiger partial charge in [0.15, 0.2) is 0 Å². The van der Waals surface area contributed by atoms with Crippen LogP contribution in [0.4, 0.5) is 5.69 Å². The number of thiocarbonyl (C=S) groups is 1. The maximum Gasteiger partial charge on any atom is 0.271 e. The first-order valence-electron chi connectivity index (χ1n) is 5.48. The molecule has 0 fully saturated rings. The van der Waals surface area contributed by atoms with E-state index in [9.17, 15) is 8.42 Å². The molecule has 4 nitrogen and oxygen atoms in total. The van der Waals surface area contributed by atoms with E-state index in [0.717, 1.165) is 21.4 Å². The van der Waals surface area contributed by atoms with E-state index < -0.39 is 10.0 Å². The molecular formula is C12H11BrN2O2S3. The van der Waals surface area contributed by atoms with Gasteiger partial charge in [0.05, 0.1) is 4.88 Å². The number of rotatable bonds is 4. The summed E-state index contributed by atoms with van der Waals surface area (Å²) in [5.41, 5.74) is 6.94. The van der Waals surface area contributed by atoms with E-state index in [1.165, 1.54) is 6.07 Å². The zero-order chi connectivity index (χ0) is 14.9. The fraction of sp³-hybridized carbons (Fsp3) is 0.0833.